The Morgan fingerprint density at radius 1 is 1.33 bits per heavy atom. The van der Waals surface area contributed by atoms with Crippen molar-refractivity contribution in [2.24, 2.45) is 0 Å². The normalized spacial score (nSPS) is 26.0. The van der Waals surface area contributed by atoms with Crippen molar-refractivity contribution in [3.8, 4) is 5.75 Å². The molecule has 17 heteroatoms. The molecule has 14 nitrogen and oxygen atoms in total. The van der Waals surface area contributed by atoms with E-state index in [4.69, 9.17) is 36.1 Å². The Hall–Kier alpha value is -2.49. The lowest BCUT2D eigenvalue weighted by Crippen LogP contribution is -2.45. The van der Waals surface area contributed by atoms with Crippen LogP contribution in [-0.2, 0) is 23.4 Å². The standard InChI is InChI=1S/C26H34ClN6O8PS/c1-14(2)40-23(35)26(9-10-26)32-42(37,13-38-16-7-5-15(27)6-8-16)39-11-17-19(34)25(3,36)22(41-17)33-12-29-18-20(33)30-24(28)31-21(18)43-4/h5-8,12,14,17,19,22,34,36H,9-11,13H2,1-4H3,(H,32,37)(H2,28,30,31)/t17?,19-,22-,25-,42?/m1/s1. The number of fused-ring (bicyclic) bond motifs is 1. The van der Waals surface area contributed by atoms with Gasteiger partial charge < -0.3 is 34.7 Å². The minimum Gasteiger partial charge on any atom is -0.482 e. The number of anilines is 1. The number of hydrogen-bond donors (Lipinski definition) is 4. The summed E-state index contributed by atoms with van der Waals surface area (Å²) in [4.78, 5) is 25.6. The molecule has 234 valence electrons. The number of halogens is 1. The predicted molar refractivity (Wildman–Crippen MR) is 159 cm³/mol. The van der Waals surface area contributed by atoms with Gasteiger partial charge in [0.1, 0.15) is 39.6 Å². The van der Waals surface area contributed by atoms with Crippen LogP contribution in [0.2, 0.25) is 5.02 Å². The smallest absolute Gasteiger partial charge is 0.327 e. The van der Waals surface area contributed by atoms with Gasteiger partial charge in [0.25, 0.3) is 0 Å². The number of nitrogens with one attached hydrogen (secondary N) is 1. The van der Waals surface area contributed by atoms with E-state index in [1.54, 1.807) is 38.1 Å². The third-order valence-electron chi connectivity index (χ3n) is 7.14. The Morgan fingerprint density at radius 3 is 2.65 bits per heavy atom. The van der Waals surface area contributed by atoms with E-state index in [0.717, 1.165) is 0 Å². The van der Waals surface area contributed by atoms with Gasteiger partial charge in [-0.1, -0.05) is 11.6 Å². The highest BCUT2D eigenvalue weighted by atomic mass is 35.5. The molecule has 0 radical (unpaired) electrons. The first-order chi connectivity index (χ1) is 20.3. The number of carbonyl (C=O) groups excluding carboxylic acids is 1. The first-order valence-corrected chi connectivity index (χ1v) is 16.9. The van der Waals surface area contributed by atoms with Crippen LogP contribution in [0.1, 0.15) is 39.8 Å². The van der Waals surface area contributed by atoms with Gasteiger partial charge in [-0.05, 0) is 64.1 Å². The highest BCUT2D eigenvalue weighted by molar-refractivity contribution is 7.98. The van der Waals surface area contributed by atoms with Crippen molar-refractivity contribution in [1.29, 1.82) is 0 Å². The maximum Gasteiger partial charge on any atom is 0.327 e. The topological polar surface area (TPSA) is 193 Å². The number of aliphatic hydroxyl groups is 2. The summed E-state index contributed by atoms with van der Waals surface area (Å²) in [5.74, 6) is -0.159. The van der Waals surface area contributed by atoms with Gasteiger partial charge >= 0.3 is 13.5 Å². The molecule has 0 bridgehead atoms. The molecule has 43 heavy (non-hydrogen) atoms. The zero-order valence-corrected chi connectivity index (χ0v) is 26.4. The molecule has 2 aromatic heterocycles. The first kappa shape index (κ1) is 31.9. The van der Waals surface area contributed by atoms with Crippen LogP contribution in [0.25, 0.3) is 11.2 Å². The molecule has 2 aliphatic rings. The third kappa shape index (κ3) is 6.64. The fraction of sp³-hybridized carbons (Fsp3) is 0.538. The van der Waals surface area contributed by atoms with Crippen LogP contribution < -0.4 is 15.6 Å². The van der Waals surface area contributed by atoms with Gasteiger partial charge in [-0.2, -0.15) is 4.98 Å². The first-order valence-electron chi connectivity index (χ1n) is 13.5. The van der Waals surface area contributed by atoms with Crippen molar-refractivity contribution in [2.75, 3.05) is 24.9 Å². The average Bonchev–Trinajstić information content (AvgIpc) is 3.55. The summed E-state index contributed by atoms with van der Waals surface area (Å²) in [7, 11) is -3.95. The number of hydrogen-bond acceptors (Lipinski definition) is 13. The molecule has 1 saturated heterocycles. The molecule has 1 aromatic carbocycles. The Morgan fingerprint density at radius 2 is 2.02 bits per heavy atom. The van der Waals surface area contributed by atoms with Crippen LogP contribution in [0.3, 0.4) is 0 Å². The molecule has 1 saturated carbocycles. The minimum absolute atomic E-state index is 0.00868. The van der Waals surface area contributed by atoms with Crippen molar-refractivity contribution in [3.63, 3.8) is 0 Å². The zero-order chi connectivity index (χ0) is 31.2. The maximum absolute atomic E-state index is 14.2. The van der Waals surface area contributed by atoms with E-state index in [1.807, 2.05) is 6.26 Å². The summed E-state index contributed by atoms with van der Waals surface area (Å²) >= 11 is 7.29. The molecule has 2 unspecified atom stereocenters. The number of aromatic nitrogens is 4. The maximum atomic E-state index is 14.2. The van der Waals surface area contributed by atoms with Gasteiger partial charge in [-0.15, -0.1) is 11.8 Å². The number of imidazole rings is 1. The van der Waals surface area contributed by atoms with Gasteiger partial charge in [0.05, 0.1) is 19.0 Å². The Kier molecular flexibility index (Phi) is 9.00. The predicted octanol–water partition coefficient (Wildman–Crippen LogP) is 3.11. The number of thioether (sulfide) groups is 1. The fourth-order valence-corrected chi connectivity index (χ4v) is 7.25. The molecular weight excluding hydrogens is 623 g/mol. The van der Waals surface area contributed by atoms with E-state index < -0.39 is 56.0 Å². The number of carbonyl (C=O) groups is 1. The molecule has 5 atom stereocenters. The van der Waals surface area contributed by atoms with Crippen LogP contribution in [0.15, 0.2) is 35.6 Å². The molecule has 3 heterocycles. The largest absolute Gasteiger partial charge is 0.482 e. The molecule has 3 aromatic rings. The van der Waals surface area contributed by atoms with Gasteiger partial charge in [0.15, 0.2) is 18.2 Å². The number of rotatable bonds is 12. The van der Waals surface area contributed by atoms with Crippen molar-refractivity contribution in [3.05, 3.63) is 35.6 Å². The van der Waals surface area contributed by atoms with Crippen LogP contribution >= 0.6 is 30.9 Å². The van der Waals surface area contributed by atoms with Crippen molar-refractivity contribution in [1.82, 2.24) is 24.6 Å². The Bertz CT molecular complexity index is 1540. The molecule has 5 N–H and O–H groups in total. The van der Waals surface area contributed by atoms with Crippen LogP contribution in [0.5, 0.6) is 5.75 Å². The number of nitrogens with two attached hydrogens (primary N) is 1. The molecule has 5 rings (SSSR count). The number of nitrogen functional groups attached to an aromatic ring is 1. The summed E-state index contributed by atoms with van der Waals surface area (Å²) in [5, 5.41) is 26.3. The molecule has 1 aliphatic heterocycles. The lowest BCUT2D eigenvalue weighted by Gasteiger charge is -2.28. The number of aliphatic hydroxyl groups excluding tert-OH is 1. The van der Waals surface area contributed by atoms with Crippen molar-refractivity contribution >= 4 is 54.0 Å². The third-order valence-corrected chi connectivity index (χ3v) is 9.86. The van der Waals surface area contributed by atoms with Crippen LogP contribution in [0, 0.1) is 0 Å². The van der Waals surface area contributed by atoms with E-state index in [1.165, 1.54) is 29.6 Å². The van der Waals surface area contributed by atoms with E-state index in [9.17, 15) is 19.6 Å². The summed E-state index contributed by atoms with van der Waals surface area (Å²) < 4.78 is 38.7. The minimum atomic E-state index is -3.95. The second kappa shape index (κ2) is 12.1. The Labute approximate surface area is 257 Å². The van der Waals surface area contributed by atoms with E-state index in [-0.39, 0.29) is 12.1 Å². The Balaban J connectivity index is 1.36. The SMILES string of the molecule is CSc1nc(N)nc2c1ncn2[C@@H]1OC(COP(=O)(COc2ccc(Cl)cc2)NC2(C(=O)OC(C)C)CC2)[C@@H](O)[C@@]1(C)O. The number of esters is 1. The molecule has 0 amide bonds. The van der Waals surface area contributed by atoms with E-state index >= 15 is 0 Å². The van der Waals surface area contributed by atoms with E-state index in [2.05, 4.69) is 20.0 Å². The van der Waals surface area contributed by atoms with Gasteiger partial charge in [0.2, 0.25) is 5.95 Å². The molecule has 0 spiro atoms. The summed E-state index contributed by atoms with van der Waals surface area (Å²) in [6.45, 7) is 4.43. The highest BCUT2D eigenvalue weighted by Gasteiger charge is 2.57. The molecular formula is C26H34ClN6O8PS. The quantitative estimate of drug-likeness (QED) is 0.0961. The van der Waals surface area contributed by atoms with Crippen molar-refractivity contribution in [2.45, 2.75) is 74.3 Å². The lowest BCUT2D eigenvalue weighted by atomic mass is 9.96. The van der Waals surface area contributed by atoms with Crippen molar-refractivity contribution < 1.29 is 38.3 Å². The summed E-state index contributed by atoms with van der Waals surface area (Å²) in [5.41, 5.74) is 3.61. The monoisotopic (exact) mass is 656 g/mol. The lowest BCUT2D eigenvalue weighted by molar-refractivity contribution is -0.150. The summed E-state index contributed by atoms with van der Waals surface area (Å²) in [6, 6.07) is 6.44. The van der Waals surface area contributed by atoms with Gasteiger partial charge in [-0.3, -0.25) is 13.9 Å². The number of benzene rings is 1. The second-order valence-corrected chi connectivity index (χ2v) is 14.3. The summed E-state index contributed by atoms with van der Waals surface area (Å²) in [6.07, 6.45) is -0.571. The van der Waals surface area contributed by atoms with Crippen LogP contribution in [0.4, 0.5) is 5.95 Å². The second-order valence-electron chi connectivity index (χ2n) is 11.0. The highest BCUT2D eigenvalue weighted by Crippen LogP contribution is 2.52. The number of ether oxygens (including phenoxy) is 3. The van der Waals surface area contributed by atoms with Gasteiger partial charge in [-0.25, -0.2) is 15.1 Å². The number of nitrogens with zero attached hydrogens (tertiary/aromatic N) is 4. The fourth-order valence-electron chi connectivity index (χ4n) is 4.72. The van der Waals surface area contributed by atoms with E-state index in [0.29, 0.717) is 39.8 Å². The molecule has 1 aliphatic carbocycles. The average molecular weight is 657 g/mol. The van der Waals surface area contributed by atoms with Crippen LogP contribution in [-0.4, -0.2) is 84.4 Å². The molecule has 2 fully saturated rings. The zero-order valence-electron chi connectivity index (χ0n) is 24.0. The van der Waals surface area contributed by atoms with Gasteiger partial charge in [0, 0.05) is 5.02 Å².